The molecule has 1 aromatic carbocycles. The Morgan fingerprint density at radius 1 is 1.24 bits per heavy atom. The molecule has 2 unspecified atom stereocenters. The van der Waals surface area contributed by atoms with Gasteiger partial charge >= 0.3 is 6.18 Å². The summed E-state index contributed by atoms with van der Waals surface area (Å²) in [5.41, 5.74) is 6.70. The summed E-state index contributed by atoms with van der Waals surface area (Å²) in [6, 6.07) is 9.81. The van der Waals surface area contributed by atoms with Crippen LogP contribution >= 0.6 is 0 Å². The molecule has 0 spiro atoms. The average molecular weight is 300 g/mol. The third-order valence-corrected chi connectivity index (χ3v) is 4.46. The summed E-state index contributed by atoms with van der Waals surface area (Å²) in [4.78, 5) is 1.92. The van der Waals surface area contributed by atoms with Gasteiger partial charge in [0.15, 0.2) is 0 Å². The van der Waals surface area contributed by atoms with Gasteiger partial charge in [-0.25, -0.2) is 0 Å². The van der Waals surface area contributed by atoms with Crippen LogP contribution in [-0.4, -0.2) is 37.3 Å². The van der Waals surface area contributed by atoms with Crippen LogP contribution in [0.3, 0.4) is 0 Å². The molecule has 2 N–H and O–H groups in total. The van der Waals surface area contributed by atoms with Crippen LogP contribution < -0.4 is 5.73 Å². The lowest BCUT2D eigenvalue weighted by Gasteiger charge is -2.40. The van der Waals surface area contributed by atoms with Crippen molar-refractivity contribution in [2.75, 3.05) is 26.2 Å². The minimum atomic E-state index is -4.09. The maximum Gasteiger partial charge on any atom is 0.393 e. The lowest BCUT2D eigenvalue weighted by atomic mass is 9.81. The molecule has 0 aliphatic carbocycles. The van der Waals surface area contributed by atoms with Crippen molar-refractivity contribution in [1.29, 1.82) is 0 Å². The zero-order chi connectivity index (χ0) is 15.5. The highest BCUT2D eigenvalue weighted by Crippen LogP contribution is 2.34. The fourth-order valence-electron chi connectivity index (χ4n) is 3.07. The molecule has 0 bridgehead atoms. The third-order valence-electron chi connectivity index (χ3n) is 4.46. The van der Waals surface area contributed by atoms with Crippen LogP contribution in [0.25, 0.3) is 0 Å². The van der Waals surface area contributed by atoms with Crippen LogP contribution in [0.4, 0.5) is 13.2 Å². The first-order chi connectivity index (χ1) is 9.85. The molecule has 1 aliphatic rings. The molecule has 1 aromatic rings. The Morgan fingerprint density at radius 3 is 2.48 bits per heavy atom. The number of benzene rings is 1. The Kier molecular flexibility index (Phi) is 4.94. The molecule has 2 atom stereocenters. The first-order valence-electron chi connectivity index (χ1n) is 7.40. The Balaban J connectivity index is 2.08. The number of hydrogen-bond acceptors (Lipinski definition) is 2. The molecule has 1 saturated heterocycles. The number of halogens is 3. The maximum absolute atomic E-state index is 12.9. The topological polar surface area (TPSA) is 29.3 Å². The Bertz CT molecular complexity index is 447. The van der Waals surface area contributed by atoms with E-state index in [-0.39, 0.29) is 18.4 Å². The molecule has 118 valence electrons. The molecular weight excluding hydrogens is 277 g/mol. The monoisotopic (exact) mass is 300 g/mol. The van der Waals surface area contributed by atoms with Crippen molar-refractivity contribution in [2.45, 2.75) is 31.4 Å². The third kappa shape index (κ3) is 3.98. The normalized spacial score (nSPS) is 23.8. The number of rotatable bonds is 4. The second-order valence-corrected chi connectivity index (χ2v) is 6.25. The second kappa shape index (κ2) is 6.36. The zero-order valence-corrected chi connectivity index (χ0v) is 12.4. The molecule has 0 aromatic heterocycles. The average Bonchev–Trinajstić information content (AvgIpc) is 2.47. The van der Waals surface area contributed by atoms with Gasteiger partial charge in [-0.3, -0.25) is 0 Å². The van der Waals surface area contributed by atoms with Crippen molar-refractivity contribution in [3.8, 4) is 0 Å². The van der Waals surface area contributed by atoms with Crippen LogP contribution in [0.1, 0.15) is 25.3 Å². The summed E-state index contributed by atoms with van der Waals surface area (Å²) < 4.78 is 38.7. The lowest BCUT2D eigenvalue weighted by molar-refractivity contribution is -0.187. The highest BCUT2D eigenvalue weighted by molar-refractivity contribution is 5.25. The number of piperidine rings is 1. The zero-order valence-electron chi connectivity index (χ0n) is 12.4. The molecule has 2 nitrogen and oxygen atoms in total. The van der Waals surface area contributed by atoms with Gasteiger partial charge < -0.3 is 10.6 Å². The van der Waals surface area contributed by atoms with Crippen LogP contribution in [-0.2, 0) is 5.41 Å². The molecular formula is C16H23F3N2. The second-order valence-electron chi connectivity index (χ2n) is 6.25. The van der Waals surface area contributed by atoms with E-state index in [2.05, 4.69) is 0 Å². The van der Waals surface area contributed by atoms with E-state index in [1.807, 2.05) is 42.2 Å². The van der Waals surface area contributed by atoms with Gasteiger partial charge in [0.1, 0.15) is 0 Å². The highest BCUT2D eigenvalue weighted by Gasteiger charge is 2.42. The van der Waals surface area contributed by atoms with Gasteiger partial charge in [-0.05, 0) is 24.9 Å². The molecule has 1 heterocycles. The molecule has 1 fully saturated rings. The summed E-state index contributed by atoms with van der Waals surface area (Å²) in [5, 5.41) is 0. The summed E-state index contributed by atoms with van der Waals surface area (Å²) in [7, 11) is 0. The number of alkyl halides is 3. The summed E-state index contributed by atoms with van der Waals surface area (Å²) in [6.07, 6.45) is -3.26. The molecule has 1 aliphatic heterocycles. The predicted octanol–water partition coefficient (Wildman–Crippen LogP) is 3.18. The summed E-state index contributed by atoms with van der Waals surface area (Å²) in [6.45, 7) is 3.82. The number of nitrogens with two attached hydrogens (primary N) is 1. The van der Waals surface area contributed by atoms with Crippen molar-refractivity contribution in [3.63, 3.8) is 0 Å². The van der Waals surface area contributed by atoms with Crippen molar-refractivity contribution in [1.82, 2.24) is 4.90 Å². The SMILES string of the molecule is CC(CN)(CN1CCCC(C(F)(F)F)C1)c1ccccc1. The van der Waals surface area contributed by atoms with Crippen LogP contribution in [0.15, 0.2) is 30.3 Å². The largest absolute Gasteiger partial charge is 0.393 e. The van der Waals surface area contributed by atoms with E-state index in [1.54, 1.807) is 0 Å². The fraction of sp³-hybridized carbons (Fsp3) is 0.625. The number of hydrogen-bond donors (Lipinski definition) is 1. The molecule has 0 saturated carbocycles. The van der Waals surface area contributed by atoms with E-state index >= 15 is 0 Å². The summed E-state index contributed by atoms with van der Waals surface area (Å²) in [5.74, 6) is -1.20. The smallest absolute Gasteiger partial charge is 0.330 e. The van der Waals surface area contributed by atoms with Gasteiger partial charge in [0.05, 0.1) is 5.92 Å². The molecule has 5 heteroatoms. The van der Waals surface area contributed by atoms with Crippen molar-refractivity contribution >= 4 is 0 Å². The van der Waals surface area contributed by atoms with E-state index in [1.165, 1.54) is 0 Å². The Hall–Kier alpha value is -1.07. The predicted molar refractivity (Wildman–Crippen MR) is 78.1 cm³/mol. The first-order valence-corrected chi connectivity index (χ1v) is 7.40. The maximum atomic E-state index is 12.9. The highest BCUT2D eigenvalue weighted by atomic mass is 19.4. The van der Waals surface area contributed by atoms with Gasteiger partial charge in [-0.2, -0.15) is 13.2 Å². The quantitative estimate of drug-likeness (QED) is 0.925. The minimum absolute atomic E-state index is 0.0892. The molecule has 0 amide bonds. The van der Waals surface area contributed by atoms with Crippen LogP contribution in [0.2, 0.25) is 0 Å². The van der Waals surface area contributed by atoms with E-state index in [0.29, 0.717) is 19.5 Å². The molecule has 0 radical (unpaired) electrons. The van der Waals surface area contributed by atoms with Gasteiger partial charge in [-0.1, -0.05) is 37.3 Å². The number of nitrogens with zero attached hydrogens (tertiary/aromatic N) is 1. The van der Waals surface area contributed by atoms with E-state index < -0.39 is 12.1 Å². The van der Waals surface area contributed by atoms with Crippen molar-refractivity contribution < 1.29 is 13.2 Å². The van der Waals surface area contributed by atoms with Gasteiger partial charge in [-0.15, -0.1) is 0 Å². The lowest BCUT2D eigenvalue weighted by Crippen LogP contribution is -2.49. The van der Waals surface area contributed by atoms with Gasteiger partial charge in [0.25, 0.3) is 0 Å². The fourth-order valence-corrected chi connectivity index (χ4v) is 3.07. The first kappa shape index (κ1) is 16.3. The Morgan fingerprint density at radius 2 is 1.90 bits per heavy atom. The Labute approximate surface area is 124 Å². The molecule has 21 heavy (non-hydrogen) atoms. The van der Waals surface area contributed by atoms with Crippen molar-refractivity contribution in [3.05, 3.63) is 35.9 Å². The van der Waals surface area contributed by atoms with Crippen LogP contribution in [0.5, 0.6) is 0 Å². The minimum Gasteiger partial charge on any atom is -0.330 e. The van der Waals surface area contributed by atoms with E-state index in [4.69, 9.17) is 5.73 Å². The van der Waals surface area contributed by atoms with E-state index in [0.717, 1.165) is 12.1 Å². The van der Waals surface area contributed by atoms with Crippen LogP contribution in [0, 0.1) is 5.92 Å². The molecule has 2 rings (SSSR count). The standard InChI is InChI=1S/C16H23F3N2/c1-15(11-20,13-6-3-2-4-7-13)12-21-9-5-8-14(10-21)16(17,18)19/h2-4,6-7,14H,5,8-12,20H2,1H3. The number of likely N-dealkylation sites (tertiary alicyclic amines) is 1. The van der Waals surface area contributed by atoms with Crippen molar-refractivity contribution in [2.24, 2.45) is 11.7 Å². The van der Waals surface area contributed by atoms with Gasteiger partial charge in [0.2, 0.25) is 0 Å². The van der Waals surface area contributed by atoms with E-state index in [9.17, 15) is 13.2 Å². The van der Waals surface area contributed by atoms with Gasteiger partial charge in [0, 0.05) is 25.0 Å². The summed E-state index contributed by atoms with van der Waals surface area (Å²) >= 11 is 0.